The molecule has 5 aromatic heterocycles. The molecule has 0 saturated heterocycles. The lowest BCUT2D eigenvalue weighted by molar-refractivity contribution is 0.550. The van der Waals surface area contributed by atoms with E-state index >= 15 is 0 Å². The van der Waals surface area contributed by atoms with Crippen LogP contribution in [0.4, 0.5) is 11.4 Å². The van der Waals surface area contributed by atoms with E-state index in [0.717, 1.165) is 105 Å². The molecular formula is C53H34N8OS. The molecule has 0 radical (unpaired) electrons. The monoisotopic (exact) mass is 830 g/mol. The van der Waals surface area contributed by atoms with Crippen molar-refractivity contribution in [3.63, 3.8) is 0 Å². The molecule has 0 N–H and O–H groups in total. The van der Waals surface area contributed by atoms with Crippen LogP contribution in [0.15, 0.2) is 173 Å². The fourth-order valence-electron chi connectivity index (χ4n) is 10.7. The van der Waals surface area contributed by atoms with Gasteiger partial charge in [-0.15, -0.1) is 0 Å². The normalized spacial score (nSPS) is 18.1. The van der Waals surface area contributed by atoms with E-state index in [1.54, 1.807) is 11.3 Å². The zero-order valence-corrected chi connectivity index (χ0v) is 34.9. The molecular weight excluding hydrogens is 797 g/mol. The second kappa shape index (κ2) is 11.7. The van der Waals surface area contributed by atoms with Crippen LogP contribution >= 0.6 is 11.3 Å². The first-order valence-electron chi connectivity index (χ1n) is 21.3. The Morgan fingerprint density at radius 2 is 1.43 bits per heavy atom. The Labute approximate surface area is 363 Å². The summed E-state index contributed by atoms with van der Waals surface area (Å²) >= 11 is 1.72. The maximum atomic E-state index is 6.78. The topological polar surface area (TPSA) is 71.5 Å². The standard InChI is InChI=1S/C53H34N8OS/c1-53-25-8-7-16-48(53)61-44-27-31(17-21-41(44)57(2)51(61)56-53)30-19-24-46-36(26-30)35-11-9-10-34(49(35)62-46)32-18-22-42-45(28-32)59-39-14-5-3-12-37(39)54-50(59)58(42)33-20-23-43-47(29-33)63-52-55-38-13-4-6-15-40(38)60(43)52/h3-29,48H,1-2H3. The van der Waals surface area contributed by atoms with Crippen LogP contribution in [0.1, 0.15) is 6.92 Å². The predicted molar refractivity (Wildman–Crippen MR) is 258 cm³/mol. The zero-order valence-electron chi connectivity index (χ0n) is 34.1. The average Bonchev–Trinajstić information content (AvgIpc) is 4.17. The molecule has 0 bridgehead atoms. The number of fused-ring (bicyclic) bond motifs is 18. The highest BCUT2D eigenvalue weighted by Crippen LogP contribution is 2.48. The number of rotatable bonds is 3. The van der Waals surface area contributed by atoms with Gasteiger partial charge in [0.15, 0.2) is 4.96 Å². The number of para-hydroxylation sites is 5. The fraction of sp³-hybridized carbons (Fsp3) is 0.0755. The number of imidazole rings is 3. The first kappa shape index (κ1) is 33.7. The second-order valence-electron chi connectivity index (χ2n) is 17.2. The SMILES string of the molecule is CN1C2=NC3(C)C=CC=CC3N2c2cc(-c3ccc4oc5c(-c6ccc7c(c6)n6c8ccccc8nc6n7-c6ccc7c(c6)sc6nc8ccccc8n67)cccc5c4c3)ccc21. The smallest absolute Gasteiger partial charge is 0.220 e. The maximum absolute atomic E-state index is 6.78. The molecule has 12 aromatic rings. The van der Waals surface area contributed by atoms with Gasteiger partial charge in [-0.1, -0.05) is 96.3 Å². The van der Waals surface area contributed by atoms with Gasteiger partial charge in [0.25, 0.3) is 0 Å². The lowest BCUT2D eigenvalue weighted by Crippen LogP contribution is -2.44. The number of aromatic nitrogens is 5. The van der Waals surface area contributed by atoms with Gasteiger partial charge in [0, 0.05) is 23.4 Å². The van der Waals surface area contributed by atoms with E-state index in [2.05, 4.69) is 195 Å². The molecule has 2 aliphatic heterocycles. The molecule has 7 aromatic carbocycles. The van der Waals surface area contributed by atoms with Crippen molar-refractivity contribution in [2.45, 2.75) is 18.5 Å². The summed E-state index contributed by atoms with van der Waals surface area (Å²) in [5.41, 5.74) is 16.8. The van der Waals surface area contributed by atoms with Gasteiger partial charge in [-0.2, -0.15) is 0 Å². The minimum atomic E-state index is -0.282. The Bertz CT molecular complexity index is 4120. The van der Waals surface area contributed by atoms with Crippen molar-refractivity contribution >= 4 is 105 Å². The van der Waals surface area contributed by atoms with Crippen molar-refractivity contribution in [2.24, 2.45) is 4.99 Å². The molecule has 298 valence electrons. The molecule has 7 heterocycles. The van der Waals surface area contributed by atoms with Crippen molar-refractivity contribution in [1.29, 1.82) is 0 Å². The van der Waals surface area contributed by atoms with Crippen molar-refractivity contribution in [2.75, 3.05) is 16.8 Å². The van der Waals surface area contributed by atoms with E-state index in [1.165, 1.54) is 16.1 Å². The quantitative estimate of drug-likeness (QED) is 0.177. The van der Waals surface area contributed by atoms with E-state index in [4.69, 9.17) is 19.4 Å². The van der Waals surface area contributed by atoms with Gasteiger partial charge < -0.3 is 14.2 Å². The highest BCUT2D eigenvalue weighted by atomic mass is 32.1. The summed E-state index contributed by atoms with van der Waals surface area (Å²) in [5, 5.41) is 2.19. The number of guanidine groups is 1. The molecule has 9 nitrogen and oxygen atoms in total. The summed E-state index contributed by atoms with van der Waals surface area (Å²) in [6.07, 6.45) is 8.73. The lowest BCUT2D eigenvalue weighted by atomic mass is 9.89. The van der Waals surface area contributed by atoms with Crippen LogP contribution in [0.25, 0.3) is 104 Å². The highest BCUT2D eigenvalue weighted by Gasteiger charge is 2.49. The number of nitrogens with zero attached hydrogens (tertiary/aromatic N) is 8. The van der Waals surface area contributed by atoms with E-state index in [1.807, 2.05) is 6.07 Å². The Hall–Kier alpha value is -7.95. The number of benzene rings is 7. The van der Waals surface area contributed by atoms with Gasteiger partial charge in [-0.05, 0) is 102 Å². The van der Waals surface area contributed by atoms with Crippen molar-refractivity contribution < 1.29 is 4.42 Å². The molecule has 2 atom stereocenters. The molecule has 10 heteroatoms. The molecule has 2 unspecified atom stereocenters. The average molecular weight is 831 g/mol. The van der Waals surface area contributed by atoms with Crippen LogP contribution in [0.3, 0.4) is 0 Å². The fourth-order valence-corrected chi connectivity index (χ4v) is 11.8. The number of thiazole rings is 1. The first-order chi connectivity index (χ1) is 31.0. The molecule has 0 amide bonds. The van der Waals surface area contributed by atoms with Gasteiger partial charge in [-0.25, -0.2) is 15.0 Å². The van der Waals surface area contributed by atoms with Crippen LogP contribution in [-0.2, 0) is 0 Å². The Morgan fingerprint density at radius 3 is 2.33 bits per heavy atom. The maximum Gasteiger partial charge on any atom is 0.220 e. The largest absolute Gasteiger partial charge is 0.455 e. The summed E-state index contributed by atoms with van der Waals surface area (Å²) in [6.45, 7) is 2.22. The third-order valence-electron chi connectivity index (χ3n) is 13.7. The Balaban J connectivity index is 0.862. The minimum absolute atomic E-state index is 0.142. The van der Waals surface area contributed by atoms with Gasteiger partial charge in [0.1, 0.15) is 16.7 Å². The lowest BCUT2D eigenvalue weighted by Gasteiger charge is -2.31. The van der Waals surface area contributed by atoms with Crippen LogP contribution < -0.4 is 9.80 Å². The molecule has 63 heavy (non-hydrogen) atoms. The Kier molecular flexibility index (Phi) is 6.26. The van der Waals surface area contributed by atoms with Crippen LogP contribution in [0.5, 0.6) is 0 Å². The Morgan fingerprint density at radius 1 is 0.635 bits per heavy atom. The minimum Gasteiger partial charge on any atom is -0.455 e. The van der Waals surface area contributed by atoms with Crippen LogP contribution in [0.2, 0.25) is 0 Å². The number of furan rings is 1. The van der Waals surface area contributed by atoms with Gasteiger partial charge in [0.05, 0.1) is 66.4 Å². The molecule has 0 spiro atoms. The number of hydrogen-bond donors (Lipinski definition) is 0. The van der Waals surface area contributed by atoms with Crippen LogP contribution in [0, 0.1) is 0 Å². The van der Waals surface area contributed by atoms with Crippen molar-refractivity contribution in [3.8, 4) is 27.9 Å². The molecule has 0 fully saturated rings. The number of allylic oxidation sites excluding steroid dienone is 2. The van der Waals surface area contributed by atoms with Gasteiger partial charge in [0.2, 0.25) is 11.7 Å². The third-order valence-corrected chi connectivity index (χ3v) is 14.7. The zero-order chi connectivity index (χ0) is 41.3. The van der Waals surface area contributed by atoms with E-state index in [9.17, 15) is 0 Å². The van der Waals surface area contributed by atoms with E-state index < -0.39 is 0 Å². The van der Waals surface area contributed by atoms with E-state index in [0.29, 0.717) is 0 Å². The number of hydrogen-bond acceptors (Lipinski definition) is 7. The summed E-state index contributed by atoms with van der Waals surface area (Å²) in [5.74, 6) is 1.87. The molecule has 3 aliphatic rings. The summed E-state index contributed by atoms with van der Waals surface area (Å²) in [6, 6.07) is 50.2. The summed E-state index contributed by atoms with van der Waals surface area (Å²) < 4.78 is 14.8. The number of aliphatic imine (C=N–C) groups is 1. The third kappa shape index (κ3) is 4.37. The van der Waals surface area contributed by atoms with Gasteiger partial charge in [-0.3, -0.25) is 13.4 Å². The first-order valence-corrected chi connectivity index (χ1v) is 22.1. The van der Waals surface area contributed by atoms with E-state index in [-0.39, 0.29) is 11.6 Å². The van der Waals surface area contributed by atoms with Crippen molar-refractivity contribution in [1.82, 2.24) is 23.3 Å². The molecule has 0 saturated carbocycles. The second-order valence-corrected chi connectivity index (χ2v) is 18.2. The number of anilines is 2. The van der Waals surface area contributed by atoms with Crippen LogP contribution in [-0.4, -0.2) is 47.9 Å². The summed E-state index contributed by atoms with van der Waals surface area (Å²) in [4.78, 5) is 21.0. The predicted octanol–water partition coefficient (Wildman–Crippen LogP) is 12.6. The van der Waals surface area contributed by atoms with Crippen molar-refractivity contribution in [3.05, 3.63) is 164 Å². The van der Waals surface area contributed by atoms with Gasteiger partial charge >= 0.3 is 0 Å². The molecule has 1 aliphatic carbocycles. The summed E-state index contributed by atoms with van der Waals surface area (Å²) in [7, 11) is 2.12. The molecule has 15 rings (SSSR count). The highest BCUT2D eigenvalue weighted by molar-refractivity contribution is 7.23.